The fourth-order valence-electron chi connectivity index (χ4n) is 1.72. The molecule has 2 aromatic heterocycles. The Bertz CT molecular complexity index is 455. The van der Waals surface area contributed by atoms with Gasteiger partial charge in [-0.25, -0.2) is 0 Å². The molecule has 0 spiro atoms. The van der Waals surface area contributed by atoms with Crippen LogP contribution >= 0.6 is 0 Å². The molecule has 0 saturated carbocycles. The van der Waals surface area contributed by atoms with Gasteiger partial charge in [0.1, 0.15) is 0 Å². The van der Waals surface area contributed by atoms with E-state index in [1.54, 1.807) is 0 Å². The van der Waals surface area contributed by atoms with Crippen molar-refractivity contribution in [2.75, 3.05) is 0 Å². The predicted octanol–water partition coefficient (Wildman–Crippen LogP) is 3.04. The molecule has 2 heteroatoms. The maximum Gasteiger partial charge on any atom is 0.0486 e. The van der Waals surface area contributed by atoms with Gasteiger partial charge in [0.2, 0.25) is 0 Å². The molecule has 0 aliphatic heterocycles. The molecule has 76 valence electrons. The molecule has 0 N–H and O–H groups in total. The smallest absolute Gasteiger partial charge is 0.0486 e. The van der Waals surface area contributed by atoms with Gasteiger partial charge in [0.25, 0.3) is 0 Å². The minimum absolute atomic E-state index is 0.844. The van der Waals surface area contributed by atoms with Crippen LogP contribution in [0.2, 0.25) is 0 Å². The monoisotopic (exact) mass is 198 g/mol. The van der Waals surface area contributed by atoms with E-state index in [-0.39, 0.29) is 0 Å². The molecule has 0 aromatic carbocycles. The topological polar surface area (TPSA) is 17.8 Å². The quantitative estimate of drug-likeness (QED) is 0.693. The number of nitrogens with zero attached hydrogens (tertiary/aromatic N) is 2. The molecular weight excluding hydrogens is 184 g/mol. The van der Waals surface area contributed by atoms with Gasteiger partial charge in [-0.1, -0.05) is 6.08 Å². The van der Waals surface area contributed by atoms with Gasteiger partial charge in [-0.05, 0) is 31.2 Å². The SMILES string of the molecule is C=CCn1c(C)ccc1-c1ccncc1. The zero-order valence-electron chi connectivity index (χ0n) is 8.85. The van der Waals surface area contributed by atoms with Gasteiger partial charge in [-0.2, -0.15) is 0 Å². The second-order valence-electron chi connectivity index (χ2n) is 3.50. The second-order valence-corrected chi connectivity index (χ2v) is 3.50. The highest BCUT2D eigenvalue weighted by Gasteiger charge is 2.05. The van der Waals surface area contributed by atoms with E-state index in [4.69, 9.17) is 0 Å². The number of hydrogen-bond acceptors (Lipinski definition) is 1. The van der Waals surface area contributed by atoms with Crippen LogP contribution in [0.3, 0.4) is 0 Å². The van der Waals surface area contributed by atoms with E-state index in [1.807, 2.05) is 30.6 Å². The lowest BCUT2D eigenvalue weighted by molar-refractivity contribution is 0.807. The van der Waals surface area contributed by atoms with E-state index >= 15 is 0 Å². The van der Waals surface area contributed by atoms with Gasteiger partial charge >= 0.3 is 0 Å². The van der Waals surface area contributed by atoms with Crippen LogP contribution in [-0.4, -0.2) is 9.55 Å². The first-order chi connectivity index (χ1) is 7.33. The van der Waals surface area contributed by atoms with Crippen LogP contribution in [0.5, 0.6) is 0 Å². The molecule has 0 fully saturated rings. The van der Waals surface area contributed by atoms with E-state index in [9.17, 15) is 0 Å². The minimum Gasteiger partial charge on any atom is -0.341 e. The summed E-state index contributed by atoms with van der Waals surface area (Å²) in [6.45, 7) is 6.73. The Balaban J connectivity index is 2.49. The van der Waals surface area contributed by atoms with Crippen molar-refractivity contribution in [2.24, 2.45) is 0 Å². The third-order valence-corrected chi connectivity index (χ3v) is 2.49. The van der Waals surface area contributed by atoms with E-state index in [1.165, 1.54) is 17.0 Å². The summed E-state index contributed by atoms with van der Waals surface area (Å²) in [6, 6.07) is 8.30. The van der Waals surface area contributed by atoms with Crippen LogP contribution in [0, 0.1) is 6.92 Å². The third kappa shape index (κ3) is 1.84. The Morgan fingerprint density at radius 2 is 2.00 bits per heavy atom. The van der Waals surface area contributed by atoms with Gasteiger partial charge in [0.15, 0.2) is 0 Å². The summed E-state index contributed by atoms with van der Waals surface area (Å²) in [5, 5.41) is 0. The number of aromatic nitrogens is 2. The number of aryl methyl sites for hydroxylation is 1. The van der Waals surface area contributed by atoms with E-state index < -0.39 is 0 Å². The maximum absolute atomic E-state index is 4.02. The molecule has 0 aliphatic carbocycles. The van der Waals surface area contributed by atoms with Crippen LogP contribution in [0.1, 0.15) is 5.69 Å². The molecule has 2 nitrogen and oxygen atoms in total. The van der Waals surface area contributed by atoms with E-state index in [2.05, 4.69) is 35.2 Å². The van der Waals surface area contributed by atoms with Crippen LogP contribution in [0.15, 0.2) is 49.3 Å². The molecular formula is C13H14N2. The Hall–Kier alpha value is -1.83. The van der Waals surface area contributed by atoms with Crippen molar-refractivity contribution < 1.29 is 0 Å². The fourth-order valence-corrected chi connectivity index (χ4v) is 1.72. The van der Waals surface area contributed by atoms with Crippen molar-refractivity contribution in [2.45, 2.75) is 13.5 Å². The number of pyridine rings is 1. The van der Waals surface area contributed by atoms with Crippen LogP contribution in [-0.2, 0) is 6.54 Å². The highest BCUT2D eigenvalue weighted by molar-refractivity contribution is 5.60. The second kappa shape index (κ2) is 4.13. The molecule has 0 saturated heterocycles. The standard InChI is InChI=1S/C13H14N2/c1-3-10-15-11(2)4-5-13(15)12-6-8-14-9-7-12/h3-9H,1,10H2,2H3. The van der Waals surface area contributed by atoms with Crippen molar-refractivity contribution in [1.82, 2.24) is 9.55 Å². The molecule has 15 heavy (non-hydrogen) atoms. The number of allylic oxidation sites excluding steroid dienone is 1. The Labute approximate surface area is 89.9 Å². The molecule has 0 unspecified atom stereocenters. The fraction of sp³-hybridized carbons (Fsp3) is 0.154. The van der Waals surface area contributed by atoms with E-state index in [0.717, 1.165) is 6.54 Å². The van der Waals surface area contributed by atoms with Crippen molar-refractivity contribution in [3.8, 4) is 11.3 Å². The van der Waals surface area contributed by atoms with Gasteiger partial charge in [0.05, 0.1) is 0 Å². The first kappa shape index (κ1) is 9.71. The predicted molar refractivity (Wildman–Crippen MR) is 62.6 cm³/mol. The number of hydrogen-bond donors (Lipinski definition) is 0. The van der Waals surface area contributed by atoms with Crippen LogP contribution in [0.25, 0.3) is 11.3 Å². The molecule has 2 aromatic rings. The van der Waals surface area contributed by atoms with Crippen molar-refractivity contribution in [3.63, 3.8) is 0 Å². The Morgan fingerprint density at radius 3 is 2.67 bits per heavy atom. The summed E-state index contributed by atoms with van der Waals surface area (Å²) in [5.41, 5.74) is 3.66. The average Bonchev–Trinajstić information content (AvgIpc) is 2.63. The Morgan fingerprint density at radius 1 is 1.27 bits per heavy atom. The molecule has 0 atom stereocenters. The van der Waals surface area contributed by atoms with Gasteiger partial charge in [0, 0.05) is 35.9 Å². The summed E-state index contributed by atoms with van der Waals surface area (Å²) < 4.78 is 2.24. The van der Waals surface area contributed by atoms with Gasteiger partial charge in [-0.3, -0.25) is 4.98 Å². The highest BCUT2D eigenvalue weighted by atomic mass is 15.0. The summed E-state index contributed by atoms with van der Waals surface area (Å²) in [7, 11) is 0. The Kier molecular flexibility index (Phi) is 2.68. The van der Waals surface area contributed by atoms with Gasteiger partial charge < -0.3 is 4.57 Å². The van der Waals surface area contributed by atoms with Crippen molar-refractivity contribution in [1.29, 1.82) is 0 Å². The molecule has 0 amide bonds. The van der Waals surface area contributed by atoms with Crippen molar-refractivity contribution >= 4 is 0 Å². The first-order valence-corrected chi connectivity index (χ1v) is 5.00. The zero-order valence-corrected chi connectivity index (χ0v) is 8.85. The molecule has 2 rings (SSSR count). The molecule has 0 radical (unpaired) electrons. The number of rotatable bonds is 3. The lowest BCUT2D eigenvalue weighted by Gasteiger charge is -2.08. The van der Waals surface area contributed by atoms with Crippen LogP contribution in [0.4, 0.5) is 0 Å². The first-order valence-electron chi connectivity index (χ1n) is 5.00. The van der Waals surface area contributed by atoms with Gasteiger partial charge in [-0.15, -0.1) is 6.58 Å². The van der Waals surface area contributed by atoms with Crippen molar-refractivity contribution in [3.05, 3.63) is 55.0 Å². The lowest BCUT2D eigenvalue weighted by atomic mass is 10.2. The average molecular weight is 198 g/mol. The molecule has 0 bridgehead atoms. The highest BCUT2D eigenvalue weighted by Crippen LogP contribution is 2.21. The molecule has 0 aliphatic rings. The van der Waals surface area contributed by atoms with E-state index in [0.29, 0.717) is 0 Å². The minimum atomic E-state index is 0.844. The summed E-state index contributed by atoms with van der Waals surface area (Å²) in [5.74, 6) is 0. The largest absolute Gasteiger partial charge is 0.341 e. The summed E-state index contributed by atoms with van der Waals surface area (Å²) in [6.07, 6.45) is 5.55. The maximum atomic E-state index is 4.02. The van der Waals surface area contributed by atoms with Crippen LogP contribution < -0.4 is 0 Å². The summed E-state index contributed by atoms with van der Waals surface area (Å²) in [4.78, 5) is 4.02. The summed E-state index contributed by atoms with van der Waals surface area (Å²) >= 11 is 0. The lowest BCUT2D eigenvalue weighted by Crippen LogP contribution is -1.99. The molecule has 2 heterocycles. The normalized spacial score (nSPS) is 10.2. The third-order valence-electron chi connectivity index (χ3n) is 2.49. The zero-order chi connectivity index (χ0) is 10.7.